The van der Waals surface area contributed by atoms with Crippen molar-refractivity contribution in [3.05, 3.63) is 16.3 Å². The maximum absolute atomic E-state index is 12.9. The lowest BCUT2D eigenvalue weighted by Crippen LogP contribution is -2.39. The average molecular weight is 414 g/mol. The zero-order valence-electron chi connectivity index (χ0n) is 16.2. The van der Waals surface area contributed by atoms with Gasteiger partial charge in [-0.1, -0.05) is 19.8 Å². The Kier molecular flexibility index (Phi) is 7.30. The molecule has 2 saturated heterocycles. The zero-order valence-corrected chi connectivity index (χ0v) is 17.8. The minimum Gasteiger partial charge on any atom is -0.351 e. The molecule has 1 atom stereocenters. The second-order valence-electron chi connectivity index (χ2n) is 7.76. The van der Waals surface area contributed by atoms with Gasteiger partial charge in [0.25, 0.3) is 5.91 Å². The summed E-state index contributed by atoms with van der Waals surface area (Å²) in [7, 11) is -3.58. The van der Waals surface area contributed by atoms with Gasteiger partial charge in [0.2, 0.25) is 10.0 Å². The van der Waals surface area contributed by atoms with Crippen LogP contribution in [-0.2, 0) is 10.0 Å². The van der Waals surface area contributed by atoms with E-state index in [4.69, 9.17) is 0 Å². The number of carbonyl (C=O) groups excluding carboxylic acids is 1. The van der Waals surface area contributed by atoms with Crippen LogP contribution in [0.15, 0.2) is 16.3 Å². The number of rotatable bonds is 7. The van der Waals surface area contributed by atoms with Gasteiger partial charge in [-0.3, -0.25) is 4.79 Å². The second-order valence-corrected chi connectivity index (χ2v) is 10.6. The second kappa shape index (κ2) is 9.49. The molecule has 2 fully saturated rings. The molecule has 2 aliphatic heterocycles. The molecule has 1 amide bonds. The third-order valence-corrected chi connectivity index (χ3v) is 8.38. The molecule has 0 spiro atoms. The molecule has 1 unspecified atom stereocenters. The summed E-state index contributed by atoms with van der Waals surface area (Å²) in [6.07, 6.45) is 6.67. The Morgan fingerprint density at radius 3 is 2.41 bits per heavy atom. The maximum Gasteiger partial charge on any atom is 0.262 e. The van der Waals surface area contributed by atoms with E-state index in [0.717, 1.165) is 38.9 Å². The normalized spacial score (nSPS) is 21.1. The summed E-state index contributed by atoms with van der Waals surface area (Å²) in [4.78, 5) is 15.6. The summed E-state index contributed by atoms with van der Waals surface area (Å²) in [5.41, 5.74) is 0. The van der Waals surface area contributed by atoms with E-state index in [1.165, 1.54) is 34.9 Å². The quantitative estimate of drug-likeness (QED) is 0.746. The lowest BCUT2D eigenvalue weighted by Gasteiger charge is -2.29. The van der Waals surface area contributed by atoms with E-state index in [9.17, 15) is 13.2 Å². The Morgan fingerprint density at radius 2 is 1.74 bits per heavy atom. The molecule has 152 valence electrons. The van der Waals surface area contributed by atoms with Gasteiger partial charge in [-0.2, -0.15) is 4.31 Å². The topological polar surface area (TPSA) is 69.7 Å². The Morgan fingerprint density at radius 1 is 1.11 bits per heavy atom. The van der Waals surface area contributed by atoms with Crippen molar-refractivity contribution in [2.45, 2.75) is 50.3 Å². The van der Waals surface area contributed by atoms with Crippen molar-refractivity contribution in [3.8, 4) is 0 Å². The predicted molar refractivity (Wildman–Crippen MR) is 109 cm³/mol. The van der Waals surface area contributed by atoms with Crippen LogP contribution in [0.3, 0.4) is 0 Å². The molecule has 1 aromatic heterocycles. The highest BCUT2D eigenvalue weighted by atomic mass is 32.2. The lowest BCUT2D eigenvalue weighted by atomic mass is 10.1. The highest BCUT2D eigenvalue weighted by Crippen LogP contribution is 2.27. The molecule has 3 heterocycles. The average Bonchev–Trinajstić information content (AvgIpc) is 3.18. The fraction of sp³-hybridized carbons (Fsp3) is 0.737. The Hall–Kier alpha value is -0.960. The van der Waals surface area contributed by atoms with Gasteiger partial charge in [0.15, 0.2) is 0 Å². The van der Waals surface area contributed by atoms with E-state index in [-0.39, 0.29) is 10.8 Å². The van der Waals surface area contributed by atoms with Gasteiger partial charge in [0, 0.05) is 26.2 Å². The summed E-state index contributed by atoms with van der Waals surface area (Å²) >= 11 is 1.21. The SMILES string of the molecule is CC(CNC(=O)c1sccc1S(=O)(=O)N1CCCCC1)CN1CCCCC1. The maximum atomic E-state index is 12.9. The van der Waals surface area contributed by atoms with Crippen molar-refractivity contribution in [3.63, 3.8) is 0 Å². The van der Waals surface area contributed by atoms with Crippen molar-refractivity contribution in [2.75, 3.05) is 39.3 Å². The fourth-order valence-electron chi connectivity index (χ4n) is 3.91. The van der Waals surface area contributed by atoms with Crippen LogP contribution in [0.5, 0.6) is 0 Å². The van der Waals surface area contributed by atoms with Gasteiger partial charge in [0.1, 0.15) is 9.77 Å². The van der Waals surface area contributed by atoms with Gasteiger partial charge in [0.05, 0.1) is 0 Å². The molecule has 0 radical (unpaired) electrons. The molecule has 0 aromatic carbocycles. The van der Waals surface area contributed by atoms with Crippen molar-refractivity contribution in [1.29, 1.82) is 0 Å². The van der Waals surface area contributed by atoms with Crippen LogP contribution in [0.4, 0.5) is 0 Å². The van der Waals surface area contributed by atoms with Crippen LogP contribution in [0.2, 0.25) is 0 Å². The van der Waals surface area contributed by atoms with E-state index in [1.807, 2.05) is 0 Å². The summed E-state index contributed by atoms with van der Waals surface area (Å²) in [5.74, 6) is 0.0697. The summed E-state index contributed by atoms with van der Waals surface area (Å²) in [6, 6.07) is 1.57. The lowest BCUT2D eigenvalue weighted by molar-refractivity contribution is 0.0943. The monoisotopic (exact) mass is 413 g/mol. The third kappa shape index (κ3) is 5.31. The minimum absolute atomic E-state index is 0.163. The van der Waals surface area contributed by atoms with Crippen LogP contribution in [-0.4, -0.2) is 62.8 Å². The molecule has 8 heteroatoms. The van der Waals surface area contributed by atoms with E-state index in [2.05, 4.69) is 17.1 Å². The Balaban J connectivity index is 1.58. The minimum atomic E-state index is -3.58. The molecule has 6 nitrogen and oxygen atoms in total. The van der Waals surface area contributed by atoms with Crippen LogP contribution < -0.4 is 5.32 Å². The van der Waals surface area contributed by atoms with Gasteiger partial charge >= 0.3 is 0 Å². The summed E-state index contributed by atoms with van der Waals surface area (Å²) in [6.45, 7) is 7.05. The third-order valence-electron chi connectivity index (χ3n) is 5.40. The molecule has 0 bridgehead atoms. The van der Waals surface area contributed by atoms with E-state index in [0.29, 0.717) is 30.4 Å². The van der Waals surface area contributed by atoms with Crippen molar-refractivity contribution in [2.24, 2.45) is 5.92 Å². The van der Waals surface area contributed by atoms with Crippen LogP contribution in [0.25, 0.3) is 0 Å². The highest BCUT2D eigenvalue weighted by Gasteiger charge is 2.31. The van der Waals surface area contributed by atoms with Gasteiger partial charge in [-0.15, -0.1) is 11.3 Å². The summed E-state index contributed by atoms with van der Waals surface area (Å²) < 4.78 is 27.4. The first-order chi connectivity index (χ1) is 13.0. The van der Waals surface area contributed by atoms with Crippen LogP contribution in [0, 0.1) is 5.92 Å². The number of piperidine rings is 2. The number of thiophene rings is 1. The first kappa shape index (κ1) is 20.8. The van der Waals surface area contributed by atoms with Gasteiger partial charge in [-0.25, -0.2) is 8.42 Å². The smallest absolute Gasteiger partial charge is 0.262 e. The van der Waals surface area contributed by atoms with E-state index >= 15 is 0 Å². The van der Waals surface area contributed by atoms with Crippen molar-refractivity contribution in [1.82, 2.24) is 14.5 Å². The van der Waals surface area contributed by atoms with E-state index in [1.54, 1.807) is 11.4 Å². The zero-order chi connectivity index (χ0) is 19.3. The predicted octanol–water partition coefficient (Wildman–Crippen LogP) is 2.77. The number of likely N-dealkylation sites (tertiary alicyclic amines) is 1. The van der Waals surface area contributed by atoms with Crippen molar-refractivity contribution < 1.29 is 13.2 Å². The molecule has 2 aliphatic rings. The van der Waals surface area contributed by atoms with Gasteiger partial charge < -0.3 is 10.2 Å². The van der Waals surface area contributed by atoms with Crippen LogP contribution >= 0.6 is 11.3 Å². The molecule has 27 heavy (non-hydrogen) atoms. The number of sulfonamides is 1. The first-order valence-electron chi connectivity index (χ1n) is 10.1. The molecule has 1 aromatic rings. The number of hydrogen-bond acceptors (Lipinski definition) is 5. The summed E-state index contributed by atoms with van der Waals surface area (Å²) in [5, 5.41) is 4.65. The Bertz CT molecular complexity index is 720. The molecule has 1 N–H and O–H groups in total. The number of amides is 1. The number of hydrogen-bond donors (Lipinski definition) is 1. The molecule has 3 rings (SSSR count). The molecular formula is C19H31N3O3S2. The fourth-order valence-corrected chi connectivity index (χ4v) is 6.74. The Labute approximate surface area is 167 Å². The molecule has 0 aliphatic carbocycles. The first-order valence-corrected chi connectivity index (χ1v) is 12.4. The van der Waals surface area contributed by atoms with Gasteiger partial charge in [-0.05, 0) is 56.1 Å². The highest BCUT2D eigenvalue weighted by molar-refractivity contribution is 7.89. The molecular weight excluding hydrogens is 382 g/mol. The standard InChI is InChI=1S/C19H31N3O3S2/c1-16(15-21-9-4-2-5-10-21)14-20-19(23)18-17(8-13-26-18)27(24,25)22-11-6-3-7-12-22/h8,13,16H,2-7,9-12,14-15H2,1H3,(H,20,23). The van der Waals surface area contributed by atoms with Crippen molar-refractivity contribution >= 4 is 27.3 Å². The molecule has 0 saturated carbocycles. The van der Waals surface area contributed by atoms with Crippen LogP contribution in [0.1, 0.15) is 55.1 Å². The largest absolute Gasteiger partial charge is 0.351 e. The number of nitrogens with one attached hydrogen (secondary N) is 1. The number of nitrogens with zero attached hydrogens (tertiary/aromatic N) is 2. The number of carbonyl (C=O) groups is 1. The van der Waals surface area contributed by atoms with E-state index < -0.39 is 10.0 Å².